The van der Waals surface area contributed by atoms with Gasteiger partial charge in [-0.05, 0) is 23.8 Å². The molecule has 1 aliphatic heterocycles. The molecule has 1 aliphatic rings. The summed E-state index contributed by atoms with van der Waals surface area (Å²) in [5, 5.41) is 3.15. The van der Waals surface area contributed by atoms with E-state index in [1.165, 1.54) is 23.9 Å². The van der Waals surface area contributed by atoms with Crippen LogP contribution in [0.3, 0.4) is 0 Å². The molecule has 0 atom stereocenters. The summed E-state index contributed by atoms with van der Waals surface area (Å²) in [4.78, 5) is 12.1. The first-order valence-corrected chi connectivity index (χ1v) is 8.65. The van der Waals surface area contributed by atoms with Crippen molar-refractivity contribution in [3.05, 3.63) is 47.0 Å². The van der Waals surface area contributed by atoms with Crippen molar-refractivity contribution in [2.75, 3.05) is 11.1 Å². The van der Waals surface area contributed by atoms with E-state index in [0.717, 1.165) is 17.0 Å². The highest BCUT2D eigenvalue weighted by atomic mass is 35.5. The molecule has 2 nitrogen and oxygen atoms in total. The zero-order valence-electron chi connectivity index (χ0n) is 13.0. The van der Waals surface area contributed by atoms with Crippen LogP contribution in [-0.4, -0.2) is 11.7 Å². The summed E-state index contributed by atoms with van der Waals surface area (Å²) in [6.45, 7) is 4.00. The number of benzene rings is 2. The second-order valence-electron chi connectivity index (χ2n) is 4.72. The van der Waals surface area contributed by atoms with Gasteiger partial charge in [-0.25, -0.2) is 0 Å². The summed E-state index contributed by atoms with van der Waals surface area (Å²) in [6, 6.07) is 8.24. The topological polar surface area (TPSA) is 29.1 Å². The number of hydrogen-bond donors (Lipinski definition) is 1. The number of nitrogens with one attached hydrogen (secondary N) is 1. The minimum atomic E-state index is -4.36. The molecule has 128 valence electrons. The molecule has 1 N–H and O–H groups in total. The number of anilines is 1. The normalized spacial score (nSPS) is 13.5. The molecule has 2 aromatic carbocycles. The van der Waals surface area contributed by atoms with Crippen molar-refractivity contribution in [2.24, 2.45) is 0 Å². The molecule has 0 spiro atoms. The maximum absolute atomic E-state index is 12.6. The number of fused-ring (bicyclic) bond motifs is 1. The van der Waals surface area contributed by atoms with E-state index >= 15 is 0 Å². The van der Waals surface area contributed by atoms with Gasteiger partial charge in [0.25, 0.3) is 0 Å². The van der Waals surface area contributed by atoms with E-state index < -0.39 is 11.7 Å². The molecule has 0 fully saturated rings. The maximum Gasteiger partial charge on any atom is 0.416 e. The number of alkyl halides is 3. The van der Waals surface area contributed by atoms with Gasteiger partial charge in [-0.15, -0.1) is 11.8 Å². The van der Waals surface area contributed by atoms with E-state index in [1.807, 2.05) is 13.8 Å². The number of carbonyl (C=O) groups excluding carboxylic acids is 1. The zero-order chi connectivity index (χ0) is 17.9. The summed E-state index contributed by atoms with van der Waals surface area (Å²) in [6.07, 6.45) is -4.36. The first kappa shape index (κ1) is 18.7. The van der Waals surface area contributed by atoms with Crippen molar-refractivity contribution < 1.29 is 18.0 Å². The third kappa shape index (κ3) is 3.87. The molecule has 2 aromatic rings. The first-order chi connectivity index (χ1) is 11.4. The molecule has 0 saturated heterocycles. The van der Waals surface area contributed by atoms with Crippen molar-refractivity contribution in [3.63, 3.8) is 0 Å². The lowest BCUT2D eigenvalue weighted by Crippen LogP contribution is -2.18. The van der Waals surface area contributed by atoms with Crippen LogP contribution in [-0.2, 0) is 11.0 Å². The van der Waals surface area contributed by atoms with Gasteiger partial charge in [0.1, 0.15) is 0 Å². The predicted molar refractivity (Wildman–Crippen MR) is 92.6 cm³/mol. The Morgan fingerprint density at radius 1 is 1.08 bits per heavy atom. The average Bonchev–Trinajstić information content (AvgIpc) is 2.56. The molecule has 7 heteroatoms. The van der Waals surface area contributed by atoms with Crippen molar-refractivity contribution in [3.8, 4) is 11.1 Å². The number of rotatable bonds is 1. The molecular formula is C17H15ClF3NOS. The van der Waals surface area contributed by atoms with Gasteiger partial charge in [-0.3, -0.25) is 4.79 Å². The van der Waals surface area contributed by atoms with Crippen molar-refractivity contribution >= 4 is 35.0 Å². The van der Waals surface area contributed by atoms with Gasteiger partial charge < -0.3 is 5.32 Å². The van der Waals surface area contributed by atoms with E-state index in [-0.39, 0.29) is 11.7 Å². The second-order valence-corrected chi connectivity index (χ2v) is 6.08. The Labute approximate surface area is 147 Å². The van der Waals surface area contributed by atoms with E-state index in [9.17, 15) is 18.0 Å². The van der Waals surface area contributed by atoms with Crippen LogP contribution < -0.4 is 5.32 Å². The van der Waals surface area contributed by atoms with Crippen LogP contribution in [0.1, 0.15) is 19.4 Å². The Hall–Kier alpha value is -1.66. The van der Waals surface area contributed by atoms with E-state index in [4.69, 9.17) is 11.6 Å². The highest BCUT2D eigenvalue weighted by molar-refractivity contribution is 8.00. The Balaban J connectivity index is 0.00000100. The van der Waals surface area contributed by atoms with Crippen molar-refractivity contribution in [2.45, 2.75) is 24.9 Å². The van der Waals surface area contributed by atoms with Gasteiger partial charge in [0.05, 0.1) is 26.9 Å². The SMILES string of the molecule is CC.O=C1CSc2c(ccc(-c3ccc(C(F)(F)F)cc3)c2Cl)N1. The summed E-state index contributed by atoms with van der Waals surface area (Å²) < 4.78 is 37.8. The van der Waals surface area contributed by atoms with Gasteiger partial charge in [0.2, 0.25) is 5.91 Å². The molecule has 3 rings (SSSR count). The predicted octanol–water partition coefficient (Wildman–Crippen LogP) is 6.10. The Morgan fingerprint density at radius 2 is 1.71 bits per heavy atom. The highest BCUT2D eigenvalue weighted by Crippen LogP contribution is 2.43. The quantitative estimate of drug-likeness (QED) is 0.654. The number of amides is 1. The summed E-state index contributed by atoms with van der Waals surface area (Å²) in [7, 11) is 0. The first-order valence-electron chi connectivity index (χ1n) is 7.29. The molecule has 0 unspecified atom stereocenters. The Kier molecular flexibility index (Phi) is 5.83. The second kappa shape index (κ2) is 7.49. The summed E-state index contributed by atoms with van der Waals surface area (Å²) in [5.41, 5.74) is 1.16. The van der Waals surface area contributed by atoms with Crippen LogP contribution in [0.25, 0.3) is 11.1 Å². The monoisotopic (exact) mass is 373 g/mol. The number of carbonyl (C=O) groups is 1. The lowest BCUT2D eigenvalue weighted by molar-refractivity contribution is -0.137. The molecule has 1 heterocycles. The van der Waals surface area contributed by atoms with Gasteiger partial charge in [-0.2, -0.15) is 13.2 Å². The standard InChI is InChI=1S/C15H9ClF3NOS.C2H6/c16-13-10(5-6-11-14(13)22-7-12(21)20-11)8-1-3-9(4-2-8)15(17,18)19;1-2/h1-6H,7H2,(H,20,21);1-2H3. The van der Waals surface area contributed by atoms with E-state index in [1.54, 1.807) is 12.1 Å². The van der Waals surface area contributed by atoms with E-state index in [0.29, 0.717) is 21.8 Å². The van der Waals surface area contributed by atoms with Gasteiger partial charge >= 0.3 is 6.18 Å². The van der Waals surface area contributed by atoms with Crippen molar-refractivity contribution in [1.82, 2.24) is 0 Å². The minimum absolute atomic E-state index is 0.101. The number of hydrogen-bond acceptors (Lipinski definition) is 2. The van der Waals surface area contributed by atoms with Crippen LogP contribution in [0, 0.1) is 0 Å². The van der Waals surface area contributed by atoms with E-state index in [2.05, 4.69) is 5.32 Å². The number of thioether (sulfide) groups is 1. The van der Waals surface area contributed by atoms with Gasteiger partial charge in [0.15, 0.2) is 0 Å². The van der Waals surface area contributed by atoms with Crippen LogP contribution >= 0.6 is 23.4 Å². The molecule has 0 aliphatic carbocycles. The zero-order valence-corrected chi connectivity index (χ0v) is 14.6. The van der Waals surface area contributed by atoms with Gasteiger partial charge in [0, 0.05) is 5.56 Å². The van der Waals surface area contributed by atoms with Crippen LogP contribution in [0.5, 0.6) is 0 Å². The molecule has 0 aromatic heterocycles. The largest absolute Gasteiger partial charge is 0.416 e. The Bertz CT molecular complexity index is 745. The lowest BCUT2D eigenvalue weighted by atomic mass is 10.0. The number of halogens is 4. The molecule has 0 bridgehead atoms. The fourth-order valence-electron chi connectivity index (χ4n) is 2.18. The molecule has 0 saturated carbocycles. The minimum Gasteiger partial charge on any atom is -0.324 e. The molecular weight excluding hydrogens is 359 g/mol. The average molecular weight is 374 g/mol. The third-order valence-electron chi connectivity index (χ3n) is 3.24. The summed E-state index contributed by atoms with van der Waals surface area (Å²) >= 11 is 7.66. The van der Waals surface area contributed by atoms with Gasteiger partial charge in [-0.1, -0.05) is 43.6 Å². The van der Waals surface area contributed by atoms with Crippen LogP contribution in [0.15, 0.2) is 41.3 Å². The van der Waals surface area contributed by atoms with Crippen LogP contribution in [0.2, 0.25) is 5.02 Å². The smallest absolute Gasteiger partial charge is 0.324 e. The summed E-state index contributed by atoms with van der Waals surface area (Å²) in [5.74, 6) is 0.166. The highest BCUT2D eigenvalue weighted by Gasteiger charge is 2.30. The molecule has 0 radical (unpaired) electrons. The van der Waals surface area contributed by atoms with Crippen molar-refractivity contribution in [1.29, 1.82) is 0 Å². The molecule has 24 heavy (non-hydrogen) atoms. The molecule has 1 amide bonds. The Morgan fingerprint density at radius 3 is 2.29 bits per heavy atom. The van der Waals surface area contributed by atoms with Crippen LogP contribution in [0.4, 0.5) is 18.9 Å². The lowest BCUT2D eigenvalue weighted by Gasteiger charge is -2.19. The fraction of sp³-hybridized carbons (Fsp3) is 0.235. The third-order valence-corrected chi connectivity index (χ3v) is 4.87. The fourth-order valence-corrected chi connectivity index (χ4v) is 3.48. The maximum atomic E-state index is 12.6.